The number of ether oxygens (including phenoxy) is 1. The Morgan fingerprint density at radius 3 is 2.39 bits per heavy atom. The summed E-state index contributed by atoms with van der Waals surface area (Å²) in [6.45, 7) is -0.450. The normalized spacial score (nSPS) is 13.4. The van der Waals surface area contributed by atoms with Gasteiger partial charge in [-0.1, -0.05) is 48.5 Å². The molecule has 2 amide bonds. The molecule has 5 rings (SSSR count). The molecule has 0 bridgehead atoms. The summed E-state index contributed by atoms with van der Waals surface area (Å²) in [7, 11) is 0. The molecule has 0 atom stereocenters. The highest BCUT2D eigenvalue weighted by Crippen LogP contribution is 2.37. The first-order valence-corrected chi connectivity index (χ1v) is 11.5. The van der Waals surface area contributed by atoms with Gasteiger partial charge in [0.25, 0.3) is 5.91 Å². The van der Waals surface area contributed by atoms with E-state index in [2.05, 4.69) is 11.4 Å². The molecule has 0 aliphatic heterocycles. The van der Waals surface area contributed by atoms with Gasteiger partial charge < -0.3 is 15.8 Å². The van der Waals surface area contributed by atoms with Crippen LogP contribution in [0.5, 0.6) is 0 Å². The summed E-state index contributed by atoms with van der Waals surface area (Å²) < 4.78 is 5.44. The van der Waals surface area contributed by atoms with Gasteiger partial charge >= 0.3 is 5.97 Å². The Morgan fingerprint density at radius 1 is 0.917 bits per heavy atom. The second-order valence-electron chi connectivity index (χ2n) is 8.48. The number of rotatable bonds is 6. The summed E-state index contributed by atoms with van der Waals surface area (Å²) in [5, 5.41) is 3.35. The summed E-state index contributed by atoms with van der Waals surface area (Å²) in [5.74, 6) is -1.61. The number of aromatic nitrogens is 1. The standard InChI is InChI=1S/C29H23N3O4/c30-28(34)19-10-13-21(14-11-19)31-25(33)17-36-29(35)26-22-8-4-5-9-24(22)32-27-20(12-15-23(26)27)16-18-6-2-1-3-7-18/h1-11,13-14,16H,12,15,17H2,(H2,30,34)(H,31,33). The van der Waals surface area contributed by atoms with Crippen LogP contribution in [0.1, 0.15) is 44.0 Å². The molecule has 7 heteroatoms. The van der Waals surface area contributed by atoms with E-state index < -0.39 is 24.4 Å². The van der Waals surface area contributed by atoms with E-state index >= 15 is 0 Å². The fraction of sp³-hybridized carbons (Fsp3) is 0.103. The quantitative estimate of drug-likeness (QED) is 0.394. The van der Waals surface area contributed by atoms with Crippen LogP contribution in [0, 0.1) is 0 Å². The van der Waals surface area contributed by atoms with Crippen LogP contribution in [0.15, 0.2) is 78.9 Å². The Kier molecular flexibility index (Phi) is 6.28. The van der Waals surface area contributed by atoms with Gasteiger partial charge in [-0.3, -0.25) is 9.59 Å². The number of anilines is 1. The minimum absolute atomic E-state index is 0.332. The number of nitrogens with zero attached hydrogens (tertiary/aromatic N) is 1. The highest BCUT2D eigenvalue weighted by atomic mass is 16.5. The highest BCUT2D eigenvalue weighted by molar-refractivity contribution is 6.08. The third-order valence-electron chi connectivity index (χ3n) is 6.07. The van der Waals surface area contributed by atoms with Crippen LogP contribution in [0.3, 0.4) is 0 Å². The van der Waals surface area contributed by atoms with E-state index in [-0.39, 0.29) is 0 Å². The molecule has 178 valence electrons. The van der Waals surface area contributed by atoms with Crippen molar-refractivity contribution in [3.8, 4) is 0 Å². The number of amides is 2. The first-order valence-electron chi connectivity index (χ1n) is 11.5. The highest BCUT2D eigenvalue weighted by Gasteiger charge is 2.28. The SMILES string of the molecule is NC(=O)c1ccc(NC(=O)COC(=O)c2c3c(nc4ccccc24)C(=Cc2ccccc2)CC3)cc1. The van der Waals surface area contributed by atoms with E-state index in [1.807, 2.05) is 54.6 Å². The number of nitrogens with one attached hydrogen (secondary N) is 1. The Labute approximate surface area is 207 Å². The lowest BCUT2D eigenvalue weighted by Crippen LogP contribution is -2.22. The molecule has 0 unspecified atom stereocenters. The predicted octanol–water partition coefficient (Wildman–Crippen LogP) is 4.62. The van der Waals surface area contributed by atoms with Gasteiger partial charge in [-0.25, -0.2) is 9.78 Å². The molecule has 1 aromatic heterocycles. The summed E-state index contributed by atoms with van der Waals surface area (Å²) in [5.41, 5.74) is 10.9. The minimum atomic E-state index is -0.565. The van der Waals surface area contributed by atoms with Crippen LogP contribution >= 0.6 is 0 Å². The van der Waals surface area contributed by atoms with Crippen molar-refractivity contribution in [3.63, 3.8) is 0 Å². The number of carbonyl (C=O) groups is 3. The number of allylic oxidation sites excluding steroid dienone is 1. The number of esters is 1. The molecule has 0 saturated heterocycles. The number of benzene rings is 3. The zero-order chi connectivity index (χ0) is 25.1. The summed E-state index contributed by atoms with van der Waals surface area (Å²) >= 11 is 0. The number of hydrogen-bond acceptors (Lipinski definition) is 5. The van der Waals surface area contributed by atoms with Gasteiger partial charge in [0.15, 0.2) is 6.61 Å². The summed E-state index contributed by atoms with van der Waals surface area (Å²) in [6, 6.07) is 23.6. The Hall–Kier alpha value is -4.78. The van der Waals surface area contributed by atoms with Gasteiger partial charge in [0.05, 0.1) is 16.8 Å². The molecule has 36 heavy (non-hydrogen) atoms. The molecule has 0 fully saturated rings. The van der Waals surface area contributed by atoms with Crippen molar-refractivity contribution in [2.45, 2.75) is 12.8 Å². The summed E-state index contributed by atoms with van der Waals surface area (Å²) in [6.07, 6.45) is 3.52. The van der Waals surface area contributed by atoms with Gasteiger partial charge in [-0.15, -0.1) is 0 Å². The van der Waals surface area contributed by atoms with Crippen molar-refractivity contribution in [3.05, 3.63) is 107 Å². The number of carbonyl (C=O) groups excluding carboxylic acids is 3. The van der Waals surface area contributed by atoms with Gasteiger partial charge in [0, 0.05) is 16.6 Å². The van der Waals surface area contributed by atoms with E-state index in [1.54, 1.807) is 12.1 Å². The monoisotopic (exact) mass is 477 g/mol. The lowest BCUT2D eigenvalue weighted by molar-refractivity contribution is -0.119. The number of hydrogen-bond donors (Lipinski definition) is 2. The van der Waals surface area contributed by atoms with Crippen LogP contribution < -0.4 is 11.1 Å². The molecule has 0 spiro atoms. The van der Waals surface area contributed by atoms with Crippen molar-refractivity contribution in [2.75, 3.05) is 11.9 Å². The molecule has 1 aliphatic rings. The molecule has 0 radical (unpaired) electrons. The van der Waals surface area contributed by atoms with E-state index in [0.717, 1.165) is 28.8 Å². The number of para-hydroxylation sites is 1. The zero-order valence-corrected chi connectivity index (χ0v) is 19.4. The number of nitrogens with two attached hydrogens (primary N) is 1. The average Bonchev–Trinajstić information content (AvgIpc) is 3.28. The number of pyridine rings is 1. The van der Waals surface area contributed by atoms with E-state index in [4.69, 9.17) is 15.5 Å². The van der Waals surface area contributed by atoms with Crippen molar-refractivity contribution >= 4 is 46.0 Å². The van der Waals surface area contributed by atoms with Crippen LogP contribution in [-0.2, 0) is 16.0 Å². The Morgan fingerprint density at radius 2 is 1.64 bits per heavy atom. The van der Waals surface area contributed by atoms with Crippen molar-refractivity contribution in [1.82, 2.24) is 4.98 Å². The molecule has 3 N–H and O–H groups in total. The lowest BCUT2D eigenvalue weighted by Gasteiger charge is -2.12. The molecule has 3 aromatic carbocycles. The second-order valence-corrected chi connectivity index (χ2v) is 8.48. The first-order chi connectivity index (χ1) is 17.5. The second kappa shape index (κ2) is 9.84. The van der Waals surface area contributed by atoms with Crippen LogP contribution in [0.2, 0.25) is 0 Å². The Balaban J connectivity index is 1.38. The summed E-state index contributed by atoms with van der Waals surface area (Å²) in [4.78, 5) is 41.7. The van der Waals surface area contributed by atoms with E-state index in [1.165, 1.54) is 12.1 Å². The maximum Gasteiger partial charge on any atom is 0.339 e. The predicted molar refractivity (Wildman–Crippen MR) is 138 cm³/mol. The maximum absolute atomic E-state index is 13.3. The third-order valence-corrected chi connectivity index (χ3v) is 6.07. The lowest BCUT2D eigenvalue weighted by atomic mass is 10.0. The maximum atomic E-state index is 13.3. The fourth-order valence-electron chi connectivity index (χ4n) is 4.38. The van der Waals surface area contributed by atoms with Gasteiger partial charge in [0.1, 0.15) is 0 Å². The minimum Gasteiger partial charge on any atom is -0.452 e. The van der Waals surface area contributed by atoms with E-state index in [9.17, 15) is 14.4 Å². The van der Waals surface area contributed by atoms with Crippen LogP contribution in [0.4, 0.5) is 5.69 Å². The molecular weight excluding hydrogens is 454 g/mol. The van der Waals surface area contributed by atoms with Crippen molar-refractivity contribution in [1.29, 1.82) is 0 Å². The first kappa shape index (κ1) is 23.0. The van der Waals surface area contributed by atoms with Crippen LogP contribution in [0.25, 0.3) is 22.6 Å². The third kappa shape index (κ3) is 4.72. The number of fused-ring (bicyclic) bond motifs is 2. The molecular formula is C29H23N3O4. The average molecular weight is 478 g/mol. The molecule has 1 aliphatic carbocycles. The van der Waals surface area contributed by atoms with E-state index in [0.29, 0.717) is 34.1 Å². The Bertz CT molecular complexity index is 1510. The molecule has 1 heterocycles. The van der Waals surface area contributed by atoms with Gasteiger partial charge in [-0.05, 0) is 65.9 Å². The van der Waals surface area contributed by atoms with Gasteiger partial charge in [0.2, 0.25) is 5.91 Å². The van der Waals surface area contributed by atoms with Crippen molar-refractivity contribution in [2.24, 2.45) is 5.73 Å². The van der Waals surface area contributed by atoms with Crippen molar-refractivity contribution < 1.29 is 19.1 Å². The molecule has 7 nitrogen and oxygen atoms in total. The topological polar surface area (TPSA) is 111 Å². The molecule has 4 aromatic rings. The largest absolute Gasteiger partial charge is 0.452 e. The number of primary amides is 1. The molecule has 0 saturated carbocycles. The fourth-order valence-corrected chi connectivity index (χ4v) is 4.38. The smallest absolute Gasteiger partial charge is 0.339 e. The van der Waals surface area contributed by atoms with Gasteiger partial charge in [-0.2, -0.15) is 0 Å². The zero-order valence-electron chi connectivity index (χ0n) is 19.4. The van der Waals surface area contributed by atoms with Crippen LogP contribution in [-0.4, -0.2) is 29.4 Å².